The van der Waals surface area contributed by atoms with Crippen LogP contribution in [0.25, 0.3) is 0 Å². The fourth-order valence-electron chi connectivity index (χ4n) is 3.20. The number of carboxylic acids is 1. The highest BCUT2D eigenvalue weighted by Crippen LogP contribution is 2.14. The van der Waals surface area contributed by atoms with Crippen molar-refractivity contribution < 1.29 is 9.90 Å². The summed E-state index contributed by atoms with van der Waals surface area (Å²) in [4.78, 5) is 13.5. The second-order valence-electron chi connectivity index (χ2n) is 6.41. The molecule has 126 valence electrons. The molecule has 3 rings (SSSR count). The van der Waals surface area contributed by atoms with E-state index in [1.807, 2.05) is 6.07 Å². The van der Waals surface area contributed by atoms with Crippen LogP contribution in [0.2, 0.25) is 0 Å². The highest BCUT2D eigenvalue weighted by atomic mass is 16.4. The van der Waals surface area contributed by atoms with Gasteiger partial charge in [0.2, 0.25) is 0 Å². The molecule has 2 aromatic rings. The molecule has 0 radical (unpaired) electrons. The normalized spacial score (nSPS) is 14.8. The van der Waals surface area contributed by atoms with Gasteiger partial charge in [0.25, 0.3) is 0 Å². The van der Waals surface area contributed by atoms with Crippen LogP contribution in [0.15, 0.2) is 48.5 Å². The quantitative estimate of drug-likeness (QED) is 0.821. The summed E-state index contributed by atoms with van der Waals surface area (Å²) in [5.74, 6) is -0.883. The average molecular weight is 324 g/mol. The Morgan fingerprint density at radius 1 is 0.958 bits per heavy atom. The smallest absolute Gasteiger partial charge is 0.335 e. The Balaban J connectivity index is 1.53. The molecule has 0 amide bonds. The third-order valence-corrected chi connectivity index (χ3v) is 4.43. The van der Waals surface area contributed by atoms with Crippen molar-refractivity contribution in [1.29, 1.82) is 0 Å². The Bertz CT molecular complexity index is 694. The topological polar surface area (TPSA) is 52.6 Å². The van der Waals surface area contributed by atoms with Gasteiger partial charge < -0.3 is 10.4 Å². The summed E-state index contributed by atoms with van der Waals surface area (Å²) in [7, 11) is 0. The third-order valence-electron chi connectivity index (χ3n) is 4.43. The van der Waals surface area contributed by atoms with Crippen LogP contribution in [-0.2, 0) is 19.6 Å². The van der Waals surface area contributed by atoms with Crippen molar-refractivity contribution in [2.75, 3.05) is 13.1 Å². The predicted molar refractivity (Wildman–Crippen MR) is 94.9 cm³/mol. The van der Waals surface area contributed by atoms with Gasteiger partial charge in [-0.1, -0.05) is 36.4 Å². The van der Waals surface area contributed by atoms with Gasteiger partial charge >= 0.3 is 5.97 Å². The number of nitrogens with one attached hydrogen (secondary N) is 1. The van der Waals surface area contributed by atoms with Gasteiger partial charge in [-0.2, -0.15) is 0 Å². The maximum absolute atomic E-state index is 11.0. The molecule has 0 unspecified atom stereocenters. The van der Waals surface area contributed by atoms with Crippen molar-refractivity contribution in [2.45, 2.75) is 32.5 Å². The number of nitrogens with zero attached hydrogens (tertiary/aromatic N) is 1. The fourth-order valence-corrected chi connectivity index (χ4v) is 3.20. The van der Waals surface area contributed by atoms with E-state index >= 15 is 0 Å². The summed E-state index contributed by atoms with van der Waals surface area (Å²) < 4.78 is 0. The van der Waals surface area contributed by atoms with Gasteiger partial charge in [0, 0.05) is 19.6 Å². The van der Waals surface area contributed by atoms with Gasteiger partial charge in [-0.3, -0.25) is 4.90 Å². The molecule has 2 aromatic carbocycles. The SMILES string of the molecule is O=C(O)c1cccc(CNCc2cccc(CN3CCCC3)c2)c1. The molecule has 0 spiro atoms. The zero-order valence-corrected chi connectivity index (χ0v) is 13.9. The number of hydrogen-bond donors (Lipinski definition) is 2. The molecule has 1 aliphatic heterocycles. The first-order chi connectivity index (χ1) is 11.7. The first-order valence-corrected chi connectivity index (χ1v) is 8.54. The van der Waals surface area contributed by atoms with Gasteiger partial charge in [-0.15, -0.1) is 0 Å². The summed E-state index contributed by atoms with van der Waals surface area (Å²) >= 11 is 0. The van der Waals surface area contributed by atoms with Gasteiger partial charge in [0.15, 0.2) is 0 Å². The second-order valence-corrected chi connectivity index (χ2v) is 6.41. The van der Waals surface area contributed by atoms with Crippen LogP contribution < -0.4 is 5.32 Å². The number of carboxylic acid groups (broad SMARTS) is 1. The number of rotatable bonds is 7. The van der Waals surface area contributed by atoms with E-state index in [2.05, 4.69) is 34.5 Å². The zero-order chi connectivity index (χ0) is 16.8. The van der Waals surface area contributed by atoms with E-state index in [0.29, 0.717) is 12.1 Å². The molecule has 4 heteroatoms. The summed E-state index contributed by atoms with van der Waals surface area (Å²) in [6, 6.07) is 15.8. The summed E-state index contributed by atoms with van der Waals surface area (Å²) in [6.45, 7) is 4.90. The summed E-state index contributed by atoms with van der Waals surface area (Å²) in [6.07, 6.45) is 2.63. The molecule has 4 nitrogen and oxygen atoms in total. The Kier molecular flexibility index (Phi) is 5.62. The van der Waals surface area contributed by atoms with Crippen LogP contribution >= 0.6 is 0 Å². The van der Waals surface area contributed by atoms with Crippen LogP contribution in [0.4, 0.5) is 0 Å². The summed E-state index contributed by atoms with van der Waals surface area (Å²) in [5, 5.41) is 12.4. The average Bonchev–Trinajstić information content (AvgIpc) is 3.08. The van der Waals surface area contributed by atoms with E-state index in [9.17, 15) is 4.79 Å². The molecule has 0 atom stereocenters. The number of aromatic carboxylic acids is 1. The van der Waals surface area contributed by atoms with Gasteiger partial charge in [0.1, 0.15) is 0 Å². The first-order valence-electron chi connectivity index (χ1n) is 8.54. The monoisotopic (exact) mass is 324 g/mol. The fraction of sp³-hybridized carbons (Fsp3) is 0.350. The van der Waals surface area contributed by atoms with Crippen LogP contribution in [0.1, 0.15) is 39.9 Å². The Morgan fingerprint density at radius 3 is 2.29 bits per heavy atom. The Morgan fingerprint density at radius 2 is 1.58 bits per heavy atom. The summed E-state index contributed by atoms with van der Waals surface area (Å²) in [5.41, 5.74) is 3.95. The molecule has 1 saturated heterocycles. The minimum Gasteiger partial charge on any atom is -0.478 e. The number of likely N-dealkylation sites (tertiary alicyclic amines) is 1. The van der Waals surface area contributed by atoms with E-state index < -0.39 is 5.97 Å². The Hall–Kier alpha value is -2.17. The molecule has 0 bridgehead atoms. The lowest BCUT2D eigenvalue weighted by Gasteiger charge is -2.15. The van der Waals surface area contributed by atoms with Crippen molar-refractivity contribution in [3.8, 4) is 0 Å². The van der Waals surface area contributed by atoms with Crippen LogP contribution in [0, 0.1) is 0 Å². The zero-order valence-electron chi connectivity index (χ0n) is 13.9. The van der Waals surface area contributed by atoms with Crippen molar-refractivity contribution >= 4 is 5.97 Å². The van der Waals surface area contributed by atoms with Gasteiger partial charge in [0.05, 0.1) is 5.56 Å². The van der Waals surface area contributed by atoms with Gasteiger partial charge in [-0.05, 0) is 54.8 Å². The molecule has 1 fully saturated rings. The molecular weight excluding hydrogens is 300 g/mol. The van der Waals surface area contributed by atoms with E-state index in [1.54, 1.807) is 18.2 Å². The number of hydrogen-bond acceptors (Lipinski definition) is 3. The maximum atomic E-state index is 11.0. The minimum atomic E-state index is -0.883. The molecule has 0 saturated carbocycles. The van der Waals surface area contributed by atoms with Crippen molar-refractivity contribution in [2.24, 2.45) is 0 Å². The second kappa shape index (κ2) is 8.08. The largest absolute Gasteiger partial charge is 0.478 e. The van der Waals surface area contributed by atoms with E-state index in [4.69, 9.17) is 5.11 Å². The predicted octanol–water partition coefficient (Wildman–Crippen LogP) is 3.27. The molecule has 0 aromatic heterocycles. The van der Waals surface area contributed by atoms with E-state index in [0.717, 1.165) is 18.7 Å². The Labute approximate surface area is 143 Å². The molecule has 0 aliphatic carbocycles. The van der Waals surface area contributed by atoms with Crippen molar-refractivity contribution in [3.05, 3.63) is 70.8 Å². The number of benzene rings is 2. The molecule has 1 aliphatic rings. The lowest BCUT2D eigenvalue weighted by molar-refractivity contribution is 0.0696. The first kappa shape index (κ1) is 16.7. The molecular formula is C20H24N2O2. The van der Waals surface area contributed by atoms with Crippen LogP contribution in [0.3, 0.4) is 0 Å². The van der Waals surface area contributed by atoms with Crippen LogP contribution in [0.5, 0.6) is 0 Å². The van der Waals surface area contributed by atoms with Crippen LogP contribution in [-0.4, -0.2) is 29.1 Å². The lowest BCUT2D eigenvalue weighted by Crippen LogP contribution is -2.18. The number of carbonyl (C=O) groups is 1. The van der Waals surface area contributed by atoms with E-state index in [-0.39, 0.29) is 0 Å². The maximum Gasteiger partial charge on any atom is 0.335 e. The highest BCUT2D eigenvalue weighted by Gasteiger charge is 2.11. The third kappa shape index (κ3) is 4.66. The standard InChI is InChI=1S/C20H24N2O2/c23-20(24)19-8-4-6-17(12-19)14-21-13-16-5-3-7-18(11-16)15-22-9-1-2-10-22/h3-8,11-12,21H,1-2,9-10,13-15H2,(H,23,24). The van der Waals surface area contributed by atoms with E-state index in [1.165, 1.54) is 37.1 Å². The highest BCUT2D eigenvalue weighted by molar-refractivity contribution is 5.87. The van der Waals surface area contributed by atoms with Gasteiger partial charge in [-0.25, -0.2) is 4.79 Å². The minimum absolute atomic E-state index is 0.335. The van der Waals surface area contributed by atoms with Crippen molar-refractivity contribution in [3.63, 3.8) is 0 Å². The lowest BCUT2D eigenvalue weighted by atomic mass is 10.1. The molecule has 2 N–H and O–H groups in total. The molecule has 24 heavy (non-hydrogen) atoms. The van der Waals surface area contributed by atoms with Crippen molar-refractivity contribution in [1.82, 2.24) is 10.2 Å². The molecule has 1 heterocycles.